The Morgan fingerprint density at radius 2 is 1.79 bits per heavy atom. The largest absolute Gasteiger partial charge is 0.484 e. The Kier molecular flexibility index (Phi) is 7.66. The Bertz CT molecular complexity index is 363. The smallest absolute Gasteiger partial charge is 0.257 e. The molecule has 0 atom stereocenters. The summed E-state index contributed by atoms with van der Waals surface area (Å²) in [7, 11) is 0. The van der Waals surface area contributed by atoms with Crippen LogP contribution in [0.5, 0.6) is 5.75 Å². The minimum atomic E-state index is -0.0736. The van der Waals surface area contributed by atoms with Gasteiger partial charge >= 0.3 is 0 Å². The number of carbonyl (C=O) groups is 1. The van der Waals surface area contributed by atoms with Crippen molar-refractivity contribution in [1.82, 2.24) is 10.6 Å². The van der Waals surface area contributed by atoms with E-state index in [0.717, 1.165) is 31.7 Å². The van der Waals surface area contributed by atoms with E-state index in [0.29, 0.717) is 6.54 Å². The predicted molar refractivity (Wildman–Crippen MR) is 77.2 cm³/mol. The molecule has 0 spiro atoms. The van der Waals surface area contributed by atoms with Crippen LogP contribution in [0.3, 0.4) is 0 Å². The number of rotatable bonds is 9. The average molecular weight is 264 g/mol. The zero-order valence-electron chi connectivity index (χ0n) is 11.9. The van der Waals surface area contributed by atoms with Crippen molar-refractivity contribution in [3.63, 3.8) is 0 Å². The molecule has 0 saturated heterocycles. The zero-order chi connectivity index (χ0) is 13.9. The van der Waals surface area contributed by atoms with Crippen LogP contribution >= 0.6 is 0 Å². The number of nitrogens with one attached hydrogen (secondary N) is 2. The highest BCUT2D eigenvalue weighted by molar-refractivity contribution is 5.77. The molecular formula is C15H24N2O2. The third-order valence-corrected chi connectivity index (χ3v) is 2.62. The van der Waals surface area contributed by atoms with Crippen molar-refractivity contribution in [2.45, 2.75) is 33.2 Å². The number of benzene rings is 1. The van der Waals surface area contributed by atoms with Gasteiger partial charge in [-0.15, -0.1) is 0 Å². The SMILES string of the molecule is CCCNCc1ccc(OCC(=O)NCCC)cc1. The van der Waals surface area contributed by atoms with Gasteiger partial charge in [0.05, 0.1) is 0 Å². The summed E-state index contributed by atoms with van der Waals surface area (Å²) in [5, 5.41) is 6.11. The summed E-state index contributed by atoms with van der Waals surface area (Å²) in [6, 6.07) is 7.83. The van der Waals surface area contributed by atoms with Crippen molar-refractivity contribution in [2.75, 3.05) is 19.7 Å². The monoisotopic (exact) mass is 264 g/mol. The van der Waals surface area contributed by atoms with Crippen LogP contribution in [0.25, 0.3) is 0 Å². The minimum Gasteiger partial charge on any atom is -0.484 e. The molecule has 19 heavy (non-hydrogen) atoms. The Hall–Kier alpha value is -1.55. The lowest BCUT2D eigenvalue weighted by Crippen LogP contribution is -2.29. The highest BCUT2D eigenvalue weighted by atomic mass is 16.5. The fourth-order valence-electron chi connectivity index (χ4n) is 1.58. The Morgan fingerprint density at radius 1 is 1.11 bits per heavy atom. The molecule has 0 aliphatic heterocycles. The highest BCUT2D eigenvalue weighted by Crippen LogP contribution is 2.11. The molecule has 0 radical (unpaired) electrons. The molecule has 0 heterocycles. The third-order valence-electron chi connectivity index (χ3n) is 2.62. The van der Waals surface area contributed by atoms with E-state index in [9.17, 15) is 4.79 Å². The van der Waals surface area contributed by atoms with E-state index >= 15 is 0 Å². The van der Waals surface area contributed by atoms with Gasteiger partial charge in [0.25, 0.3) is 5.91 Å². The van der Waals surface area contributed by atoms with Gasteiger partial charge in [0, 0.05) is 13.1 Å². The van der Waals surface area contributed by atoms with Crippen LogP contribution in [0.15, 0.2) is 24.3 Å². The minimum absolute atomic E-state index is 0.0736. The van der Waals surface area contributed by atoms with Gasteiger partial charge in [-0.3, -0.25) is 4.79 Å². The van der Waals surface area contributed by atoms with Crippen LogP contribution in [0.2, 0.25) is 0 Å². The number of hydrogen-bond donors (Lipinski definition) is 2. The van der Waals surface area contributed by atoms with E-state index in [2.05, 4.69) is 17.6 Å². The van der Waals surface area contributed by atoms with Gasteiger partial charge in [0.1, 0.15) is 5.75 Å². The van der Waals surface area contributed by atoms with Crippen LogP contribution < -0.4 is 15.4 Å². The predicted octanol–water partition coefficient (Wildman–Crippen LogP) is 2.09. The van der Waals surface area contributed by atoms with E-state index < -0.39 is 0 Å². The normalized spacial score (nSPS) is 10.2. The molecule has 0 aliphatic carbocycles. The van der Waals surface area contributed by atoms with Crippen molar-refractivity contribution in [3.05, 3.63) is 29.8 Å². The lowest BCUT2D eigenvalue weighted by molar-refractivity contribution is -0.123. The van der Waals surface area contributed by atoms with Crippen LogP contribution in [0.1, 0.15) is 32.3 Å². The molecule has 1 rings (SSSR count). The maximum atomic E-state index is 11.4. The lowest BCUT2D eigenvalue weighted by atomic mass is 10.2. The molecule has 1 amide bonds. The van der Waals surface area contributed by atoms with Gasteiger partial charge in [0.2, 0.25) is 0 Å². The molecule has 1 aromatic rings. The van der Waals surface area contributed by atoms with Gasteiger partial charge in [-0.25, -0.2) is 0 Å². The average Bonchev–Trinajstić information content (AvgIpc) is 2.44. The molecule has 4 heteroatoms. The Labute approximate surface area is 115 Å². The quantitative estimate of drug-likeness (QED) is 0.672. The fraction of sp³-hybridized carbons (Fsp3) is 0.533. The van der Waals surface area contributed by atoms with Crippen LogP contribution in [-0.4, -0.2) is 25.6 Å². The molecule has 106 valence electrons. The Balaban J connectivity index is 2.29. The molecule has 0 fully saturated rings. The van der Waals surface area contributed by atoms with E-state index in [-0.39, 0.29) is 12.5 Å². The summed E-state index contributed by atoms with van der Waals surface area (Å²) in [6.07, 6.45) is 2.07. The molecule has 4 nitrogen and oxygen atoms in total. The lowest BCUT2D eigenvalue weighted by Gasteiger charge is -2.08. The molecule has 0 unspecified atom stereocenters. The summed E-state index contributed by atoms with van der Waals surface area (Å²) < 4.78 is 5.41. The summed E-state index contributed by atoms with van der Waals surface area (Å²) >= 11 is 0. The van der Waals surface area contributed by atoms with Crippen molar-refractivity contribution in [2.24, 2.45) is 0 Å². The second-order valence-corrected chi connectivity index (χ2v) is 4.46. The summed E-state index contributed by atoms with van der Waals surface area (Å²) in [6.45, 7) is 6.83. The highest BCUT2D eigenvalue weighted by Gasteiger charge is 2.01. The fourth-order valence-corrected chi connectivity index (χ4v) is 1.58. The van der Waals surface area contributed by atoms with Crippen LogP contribution in [-0.2, 0) is 11.3 Å². The molecule has 0 aliphatic rings. The Morgan fingerprint density at radius 3 is 2.42 bits per heavy atom. The molecule has 0 bridgehead atoms. The topological polar surface area (TPSA) is 50.4 Å². The van der Waals surface area contributed by atoms with E-state index in [1.165, 1.54) is 5.56 Å². The van der Waals surface area contributed by atoms with E-state index in [4.69, 9.17) is 4.74 Å². The molecule has 0 saturated carbocycles. The van der Waals surface area contributed by atoms with Crippen molar-refractivity contribution in [1.29, 1.82) is 0 Å². The molecule has 0 aromatic heterocycles. The van der Waals surface area contributed by atoms with Crippen molar-refractivity contribution in [3.8, 4) is 5.75 Å². The second kappa shape index (κ2) is 9.39. The summed E-state index contributed by atoms with van der Waals surface area (Å²) in [4.78, 5) is 11.4. The maximum Gasteiger partial charge on any atom is 0.257 e. The first-order valence-electron chi connectivity index (χ1n) is 6.95. The second-order valence-electron chi connectivity index (χ2n) is 4.46. The summed E-state index contributed by atoms with van der Waals surface area (Å²) in [5.74, 6) is 0.654. The molecular weight excluding hydrogens is 240 g/mol. The van der Waals surface area contributed by atoms with Gasteiger partial charge in [-0.2, -0.15) is 0 Å². The molecule has 1 aromatic carbocycles. The number of carbonyl (C=O) groups excluding carboxylic acids is 1. The van der Waals surface area contributed by atoms with Gasteiger partial charge in [-0.05, 0) is 37.1 Å². The number of amides is 1. The van der Waals surface area contributed by atoms with Gasteiger partial charge < -0.3 is 15.4 Å². The van der Waals surface area contributed by atoms with E-state index in [1.807, 2.05) is 31.2 Å². The number of ether oxygens (including phenoxy) is 1. The first kappa shape index (κ1) is 15.5. The molecule has 2 N–H and O–H groups in total. The first-order valence-corrected chi connectivity index (χ1v) is 6.95. The van der Waals surface area contributed by atoms with Crippen LogP contribution in [0.4, 0.5) is 0 Å². The van der Waals surface area contributed by atoms with Crippen molar-refractivity contribution < 1.29 is 9.53 Å². The number of hydrogen-bond acceptors (Lipinski definition) is 3. The van der Waals surface area contributed by atoms with E-state index in [1.54, 1.807) is 0 Å². The van der Waals surface area contributed by atoms with Crippen LogP contribution in [0, 0.1) is 0 Å². The summed E-state index contributed by atoms with van der Waals surface area (Å²) in [5.41, 5.74) is 1.22. The van der Waals surface area contributed by atoms with Gasteiger partial charge in [-0.1, -0.05) is 26.0 Å². The van der Waals surface area contributed by atoms with Gasteiger partial charge in [0.15, 0.2) is 6.61 Å². The first-order chi connectivity index (χ1) is 9.26. The van der Waals surface area contributed by atoms with Crippen molar-refractivity contribution >= 4 is 5.91 Å². The third kappa shape index (κ3) is 6.82. The zero-order valence-corrected chi connectivity index (χ0v) is 11.9. The standard InChI is InChI=1S/C15H24N2O2/c1-3-9-16-11-13-5-7-14(8-6-13)19-12-15(18)17-10-4-2/h5-8,16H,3-4,9-12H2,1-2H3,(H,17,18). The maximum absolute atomic E-state index is 11.4.